The normalized spacial score (nSPS) is 9.86. The first kappa shape index (κ1) is 15.4. The largest absolute Gasteiger partial charge is 0.311 e. The van der Waals surface area contributed by atoms with Crippen molar-refractivity contribution in [2.75, 3.05) is 7.05 Å². The molecule has 0 aliphatic rings. The fourth-order valence-corrected chi connectivity index (χ4v) is 2.22. The van der Waals surface area contributed by atoms with Gasteiger partial charge in [-0.2, -0.15) is 0 Å². The molecule has 2 rings (SSSR count). The zero-order valence-electron chi connectivity index (χ0n) is 12.5. The summed E-state index contributed by atoms with van der Waals surface area (Å²) < 4.78 is 0. The smallest absolute Gasteiger partial charge is 0.258 e. The van der Waals surface area contributed by atoms with Gasteiger partial charge in [0.15, 0.2) is 6.29 Å². The number of amides is 1. The van der Waals surface area contributed by atoms with Crippen molar-refractivity contribution in [1.82, 2.24) is 4.90 Å². The lowest BCUT2D eigenvalue weighted by Gasteiger charge is -2.22. The molecule has 0 aliphatic carbocycles. The number of hydrogen-bond donors (Lipinski definition) is 0. The highest BCUT2D eigenvalue weighted by molar-refractivity contribution is 6.02. The number of rotatable bonds is 5. The second kappa shape index (κ2) is 6.68. The van der Waals surface area contributed by atoms with Gasteiger partial charge in [-0.3, -0.25) is 9.59 Å². The Labute approximate surface area is 130 Å². The monoisotopic (exact) mass is 291 g/mol. The Morgan fingerprint density at radius 2 is 1.55 bits per heavy atom. The van der Waals surface area contributed by atoms with Crippen LogP contribution in [0.5, 0.6) is 0 Å². The molecule has 0 unspecified atom stereocenters. The number of hydrogen-bond acceptors (Lipinski definition) is 2. The van der Waals surface area contributed by atoms with Crippen molar-refractivity contribution in [1.29, 1.82) is 0 Å². The minimum Gasteiger partial charge on any atom is -0.311 e. The fourth-order valence-electron chi connectivity index (χ4n) is 2.22. The molecule has 0 saturated carbocycles. The zero-order chi connectivity index (χ0) is 16.1. The minimum absolute atomic E-state index is 0.193. The molecule has 0 spiro atoms. The summed E-state index contributed by atoms with van der Waals surface area (Å²) in [6.45, 7) is 7.68. The minimum atomic E-state index is -0.193. The number of carbonyl (C=O) groups is 2. The molecule has 0 fully saturated rings. The van der Waals surface area contributed by atoms with Crippen LogP contribution in [-0.4, -0.2) is 24.1 Å². The molecule has 0 heterocycles. The van der Waals surface area contributed by atoms with Gasteiger partial charge in [0.05, 0.1) is 0 Å². The predicted molar refractivity (Wildman–Crippen MR) is 89.5 cm³/mol. The predicted octanol–water partition coefficient (Wildman–Crippen LogP) is 3.89. The lowest BCUT2D eigenvalue weighted by atomic mass is 10.0. The lowest BCUT2D eigenvalue weighted by Crippen LogP contribution is -2.26. The SMILES string of the molecule is C=Cc1ccccc1C(=O)N(C)C(=C)c1ccccc1C=O. The summed E-state index contributed by atoms with van der Waals surface area (Å²) in [7, 11) is 1.64. The Balaban J connectivity index is 2.36. The van der Waals surface area contributed by atoms with Gasteiger partial charge in [-0.15, -0.1) is 0 Å². The molecule has 22 heavy (non-hydrogen) atoms. The molecule has 2 aromatic carbocycles. The lowest BCUT2D eigenvalue weighted by molar-refractivity contribution is 0.0860. The summed E-state index contributed by atoms with van der Waals surface area (Å²) in [6.07, 6.45) is 2.40. The third-order valence-corrected chi connectivity index (χ3v) is 3.52. The van der Waals surface area contributed by atoms with Gasteiger partial charge in [0.1, 0.15) is 0 Å². The van der Waals surface area contributed by atoms with Gasteiger partial charge in [0, 0.05) is 29.4 Å². The van der Waals surface area contributed by atoms with Crippen molar-refractivity contribution in [2.45, 2.75) is 0 Å². The van der Waals surface area contributed by atoms with E-state index in [1.165, 1.54) is 4.90 Å². The van der Waals surface area contributed by atoms with Crippen LogP contribution in [0.15, 0.2) is 61.7 Å². The van der Waals surface area contributed by atoms with Gasteiger partial charge in [0.25, 0.3) is 5.91 Å². The molecule has 0 aliphatic heterocycles. The molecule has 3 nitrogen and oxygen atoms in total. The second-order valence-electron chi connectivity index (χ2n) is 4.81. The number of nitrogens with zero attached hydrogens (tertiary/aromatic N) is 1. The Hall–Kier alpha value is -2.94. The maximum atomic E-state index is 12.7. The molecule has 0 aromatic heterocycles. The van der Waals surface area contributed by atoms with Gasteiger partial charge in [-0.05, 0) is 11.6 Å². The third-order valence-electron chi connectivity index (χ3n) is 3.52. The molecular formula is C19H17NO2. The summed E-state index contributed by atoms with van der Waals surface area (Å²) in [5.41, 5.74) is 2.93. The fraction of sp³-hybridized carbons (Fsp3) is 0.0526. The molecular weight excluding hydrogens is 274 g/mol. The van der Waals surface area contributed by atoms with Crippen molar-refractivity contribution in [3.8, 4) is 0 Å². The summed E-state index contributed by atoms with van der Waals surface area (Å²) in [5.74, 6) is -0.193. The van der Waals surface area contributed by atoms with E-state index >= 15 is 0 Å². The van der Waals surface area contributed by atoms with Crippen molar-refractivity contribution in [3.05, 3.63) is 83.9 Å². The molecule has 0 saturated heterocycles. The Bertz CT molecular complexity index is 683. The zero-order valence-corrected chi connectivity index (χ0v) is 12.5. The van der Waals surface area contributed by atoms with Crippen molar-refractivity contribution >= 4 is 24.0 Å². The van der Waals surface area contributed by atoms with Gasteiger partial charge < -0.3 is 4.90 Å². The summed E-state index contributed by atoms with van der Waals surface area (Å²) in [5, 5.41) is 0. The molecule has 1 amide bonds. The summed E-state index contributed by atoms with van der Waals surface area (Å²) >= 11 is 0. The van der Waals surface area contributed by atoms with Crippen LogP contribution < -0.4 is 0 Å². The highest BCUT2D eigenvalue weighted by atomic mass is 16.2. The average molecular weight is 291 g/mol. The van der Waals surface area contributed by atoms with E-state index in [9.17, 15) is 9.59 Å². The van der Waals surface area contributed by atoms with Crippen LogP contribution >= 0.6 is 0 Å². The van der Waals surface area contributed by atoms with Crippen LogP contribution in [0, 0.1) is 0 Å². The average Bonchev–Trinajstić information content (AvgIpc) is 2.59. The third kappa shape index (κ3) is 2.88. The quantitative estimate of drug-likeness (QED) is 0.784. The van der Waals surface area contributed by atoms with E-state index in [-0.39, 0.29) is 5.91 Å². The van der Waals surface area contributed by atoms with Crippen LogP contribution in [0.2, 0.25) is 0 Å². The second-order valence-corrected chi connectivity index (χ2v) is 4.81. The van der Waals surface area contributed by atoms with Crippen LogP contribution in [0.4, 0.5) is 0 Å². The molecule has 3 heteroatoms. The van der Waals surface area contributed by atoms with E-state index in [1.54, 1.807) is 43.5 Å². The maximum absolute atomic E-state index is 12.7. The van der Waals surface area contributed by atoms with Gasteiger partial charge >= 0.3 is 0 Å². The first-order valence-corrected chi connectivity index (χ1v) is 6.83. The molecule has 0 N–H and O–H groups in total. The van der Waals surface area contributed by atoms with E-state index in [0.29, 0.717) is 22.4 Å². The standard InChI is InChI=1S/C19H17NO2/c1-4-15-9-5-8-12-18(15)19(22)20(3)14(2)17-11-7-6-10-16(17)13-21/h4-13H,1-2H2,3H3. The van der Waals surface area contributed by atoms with Crippen molar-refractivity contribution in [3.63, 3.8) is 0 Å². The van der Waals surface area contributed by atoms with Crippen molar-refractivity contribution < 1.29 is 9.59 Å². The van der Waals surface area contributed by atoms with Crippen LogP contribution in [0.1, 0.15) is 31.8 Å². The number of carbonyl (C=O) groups excluding carboxylic acids is 2. The molecule has 0 atom stereocenters. The van der Waals surface area contributed by atoms with Crippen molar-refractivity contribution in [2.24, 2.45) is 0 Å². The van der Waals surface area contributed by atoms with Crippen LogP contribution in [-0.2, 0) is 0 Å². The van der Waals surface area contributed by atoms with E-state index in [2.05, 4.69) is 13.2 Å². The van der Waals surface area contributed by atoms with Crippen LogP contribution in [0.3, 0.4) is 0 Å². The van der Waals surface area contributed by atoms with Crippen LogP contribution in [0.25, 0.3) is 11.8 Å². The van der Waals surface area contributed by atoms with Gasteiger partial charge in [-0.1, -0.05) is 61.7 Å². The Morgan fingerprint density at radius 3 is 2.14 bits per heavy atom. The summed E-state index contributed by atoms with van der Waals surface area (Å²) in [4.78, 5) is 25.3. The van der Waals surface area contributed by atoms with E-state index in [0.717, 1.165) is 11.8 Å². The molecule has 110 valence electrons. The van der Waals surface area contributed by atoms with E-state index < -0.39 is 0 Å². The Kier molecular flexibility index (Phi) is 4.69. The first-order chi connectivity index (χ1) is 10.6. The number of benzene rings is 2. The van der Waals surface area contributed by atoms with Gasteiger partial charge in [-0.25, -0.2) is 0 Å². The molecule has 0 bridgehead atoms. The highest BCUT2D eigenvalue weighted by Crippen LogP contribution is 2.22. The summed E-state index contributed by atoms with van der Waals surface area (Å²) in [6, 6.07) is 14.3. The Morgan fingerprint density at radius 1 is 1.00 bits per heavy atom. The van der Waals surface area contributed by atoms with E-state index in [1.807, 2.05) is 18.2 Å². The topological polar surface area (TPSA) is 37.4 Å². The maximum Gasteiger partial charge on any atom is 0.258 e. The van der Waals surface area contributed by atoms with E-state index in [4.69, 9.17) is 0 Å². The number of aldehydes is 1. The first-order valence-electron chi connectivity index (χ1n) is 6.83. The molecule has 0 radical (unpaired) electrons. The molecule has 2 aromatic rings. The van der Waals surface area contributed by atoms with Gasteiger partial charge in [0.2, 0.25) is 0 Å². The highest BCUT2D eigenvalue weighted by Gasteiger charge is 2.18.